The molecule has 1 heterocycles. The summed E-state index contributed by atoms with van der Waals surface area (Å²) in [6.45, 7) is 0. The Bertz CT molecular complexity index is 286. The number of carbonyl (C=O) groups excluding carboxylic acids is 1. The first-order valence-electron chi connectivity index (χ1n) is 3.42. The van der Waals surface area contributed by atoms with Gasteiger partial charge in [-0.2, -0.15) is 0 Å². The van der Waals surface area contributed by atoms with Crippen LogP contribution in [0.25, 0.3) is 0 Å². The Morgan fingerprint density at radius 3 is 3.00 bits per heavy atom. The summed E-state index contributed by atoms with van der Waals surface area (Å²) in [6, 6.07) is 1.63. The Morgan fingerprint density at radius 2 is 2.42 bits per heavy atom. The zero-order valence-corrected chi connectivity index (χ0v) is 6.66. The number of anilines is 1. The zero-order chi connectivity index (χ0) is 8.97. The molecule has 0 fully saturated rings. The molecule has 1 aromatic heterocycles. The highest BCUT2D eigenvalue weighted by atomic mass is 16.1. The number of rotatable bonds is 2. The number of nitrogens with one attached hydrogen (secondary N) is 2. The maximum absolute atomic E-state index is 11.1. The first-order chi connectivity index (χ1) is 5.79. The first kappa shape index (κ1) is 8.48. The second kappa shape index (κ2) is 3.68. The third-order valence-corrected chi connectivity index (χ3v) is 1.45. The van der Waals surface area contributed by atoms with Gasteiger partial charge in [0.2, 0.25) is 0 Å². The lowest BCUT2D eigenvalue weighted by atomic mass is 10.2. The molecule has 1 rings (SSSR count). The summed E-state index contributed by atoms with van der Waals surface area (Å²) >= 11 is 0. The highest BCUT2D eigenvalue weighted by Gasteiger charge is 2.07. The number of aromatic nitrogens is 1. The summed E-state index contributed by atoms with van der Waals surface area (Å²) in [5.41, 5.74) is 3.40. The zero-order valence-electron chi connectivity index (χ0n) is 6.66. The molecule has 0 aliphatic heterocycles. The number of nitrogen functional groups attached to an aromatic ring is 1. The minimum absolute atomic E-state index is 0.212. The SMILES string of the molecule is CNC(=O)c1cnccc1NN. The second-order valence-corrected chi connectivity index (χ2v) is 2.14. The van der Waals surface area contributed by atoms with Crippen molar-refractivity contribution in [3.63, 3.8) is 0 Å². The molecule has 1 aromatic rings. The van der Waals surface area contributed by atoms with Crippen LogP contribution in [0.1, 0.15) is 10.4 Å². The van der Waals surface area contributed by atoms with Gasteiger partial charge in [-0.15, -0.1) is 0 Å². The standard InChI is InChI=1S/C7H10N4O/c1-9-7(12)5-4-10-3-2-6(5)11-8/h2-4H,8H2,1H3,(H,9,12)(H,10,11). The third-order valence-electron chi connectivity index (χ3n) is 1.45. The van der Waals surface area contributed by atoms with Crippen LogP contribution in [0, 0.1) is 0 Å². The maximum atomic E-state index is 11.1. The number of hydrogen-bond donors (Lipinski definition) is 3. The molecule has 5 nitrogen and oxygen atoms in total. The molecular formula is C7H10N4O. The molecule has 0 spiro atoms. The van der Waals surface area contributed by atoms with E-state index in [0.717, 1.165) is 0 Å². The van der Waals surface area contributed by atoms with Gasteiger partial charge in [0, 0.05) is 19.4 Å². The summed E-state index contributed by atoms with van der Waals surface area (Å²) < 4.78 is 0. The highest BCUT2D eigenvalue weighted by molar-refractivity contribution is 5.98. The molecule has 64 valence electrons. The largest absolute Gasteiger partial charge is 0.355 e. The lowest BCUT2D eigenvalue weighted by Crippen LogP contribution is -2.21. The second-order valence-electron chi connectivity index (χ2n) is 2.14. The van der Waals surface area contributed by atoms with Crippen LogP contribution < -0.4 is 16.6 Å². The lowest BCUT2D eigenvalue weighted by molar-refractivity contribution is 0.0963. The van der Waals surface area contributed by atoms with Crippen molar-refractivity contribution in [2.24, 2.45) is 5.84 Å². The molecule has 4 N–H and O–H groups in total. The first-order valence-corrected chi connectivity index (χ1v) is 3.42. The summed E-state index contributed by atoms with van der Waals surface area (Å²) in [5.74, 6) is 4.97. The molecule has 5 heteroatoms. The molecule has 0 saturated heterocycles. The van der Waals surface area contributed by atoms with Gasteiger partial charge in [-0.05, 0) is 6.07 Å². The van der Waals surface area contributed by atoms with Crippen molar-refractivity contribution in [2.45, 2.75) is 0 Å². The van der Waals surface area contributed by atoms with E-state index >= 15 is 0 Å². The fourth-order valence-corrected chi connectivity index (χ4v) is 0.836. The normalized spacial score (nSPS) is 9.17. The minimum atomic E-state index is -0.212. The van der Waals surface area contributed by atoms with Crippen molar-refractivity contribution in [1.82, 2.24) is 10.3 Å². The van der Waals surface area contributed by atoms with Gasteiger partial charge in [0.25, 0.3) is 5.91 Å². The van der Waals surface area contributed by atoms with Crippen LogP contribution in [-0.2, 0) is 0 Å². The number of nitrogens with two attached hydrogens (primary N) is 1. The minimum Gasteiger partial charge on any atom is -0.355 e. The maximum Gasteiger partial charge on any atom is 0.254 e. The van der Waals surface area contributed by atoms with E-state index in [1.54, 1.807) is 19.3 Å². The van der Waals surface area contributed by atoms with Crippen molar-refractivity contribution < 1.29 is 4.79 Å². The van der Waals surface area contributed by atoms with E-state index in [4.69, 9.17) is 5.84 Å². The Labute approximate surface area is 70.0 Å². The van der Waals surface area contributed by atoms with Gasteiger partial charge in [-0.3, -0.25) is 15.6 Å². The van der Waals surface area contributed by atoms with Gasteiger partial charge in [-0.1, -0.05) is 0 Å². The van der Waals surface area contributed by atoms with Crippen LogP contribution in [0.4, 0.5) is 5.69 Å². The Morgan fingerprint density at radius 1 is 1.67 bits per heavy atom. The van der Waals surface area contributed by atoms with Gasteiger partial charge in [0.1, 0.15) is 0 Å². The van der Waals surface area contributed by atoms with Gasteiger partial charge in [0.05, 0.1) is 11.3 Å². The van der Waals surface area contributed by atoms with Gasteiger partial charge in [-0.25, -0.2) is 0 Å². The fraction of sp³-hybridized carbons (Fsp3) is 0.143. The third kappa shape index (κ3) is 1.51. The molecule has 0 radical (unpaired) electrons. The van der Waals surface area contributed by atoms with E-state index in [1.807, 2.05) is 0 Å². The number of carbonyl (C=O) groups is 1. The van der Waals surface area contributed by atoms with Crippen LogP contribution in [0.15, 0.2) is 18.5 Å². The smallest absolute Gasteiger partial charge is 0.254 e. The van der Waals surface area contributed by atoms with E-state index in [0.29, 0.717) is 11.3 Å². The van der Waals surface area contributed by atoms with E-state index in [9.17, 15) is 4.79 Å². The summed E-state index contributed by atoms with van der Waals surface area (Å²) in [4.78, 5) is 15.0. The molecule has 0 aromatic carbocycles. The van der Waals surface area contributed by atoms with Gasteiger partial charge in [0.15, 0.2) is 0 Å². The fourth-order valence-electron chi connectivity index (χ4n) is 0.836. The monoisotopic (exact) mass is 166 g/mol. The molecule has 12 heavy (non-hydrogen) atoms. The molecule has 0 aliphatic rings. The van der Waals surface area contributed by atoms with Crippen LogP contribution >= 0.6 is 0 Å². The number of hydrazine groups is 1. The number of pyridine rings is 1. The molecule has 0 saturated carbocycles. The summed E-state index contributed by atoms with van der Waals surface area (Å²) in [6.07, 6.45) is 3.01. The van der Waals surface area contributed by atoms with Crippen LogP contribution in [0.5, 0.6) is 0 Å². The Hall–Kier alpha value is -1.62. The lowest BCUT2D eigenvalue weighted by Gasteiger charge is -2.05. The highest BCUT2D eigenvalue weighted by Crippen LogP contribution is 2.10. The molecular weight excluding hydrogens is 156 g/mol. The Balaban J connectivity index is 3.04. The number of nitrogens with zero attached hydrogens (tertiary/aromatic N) is 1. The molecule has 0 atom stereocenters. The van der Waals surface area contributed by atoms with Crippen molar-refractivity contribution >= 4 is 11.6 Å². The van der Waals surface area contributed by atoms with Crippen molar-refractivity contribution in [3.05, 3.63) is 24.0 Å². The average molecular weight is 166 g/mol. The van der Waals surface area contributed by atoms with E-state index in [2.05, 4.69) is 15.7 Å². The predicted molar refractivity (Wildman–Crippen MR) is 45.4 cm³/mol. The van der Waals surface area contributed by atoms with E-state index in [1.165, 1.54) is 6.20 Å². The Kier molecular flexibility index (Phi) is 2.60. The molecule has 0 unspecified atom stereocenters. The number of hydrogen-bond acceptors (Lipinski definition) is 4. The van der Waals surface area contributed by atoms with Crippen LogP contribution in [-0.4, -0.2) is 17.9 Å². The average Bonchev–Trinajstić information content (AvgIpc) is 2.16. The van der Waals surface area contributed by atoms with E-state index in [-0.39, 0.29) is 5.91 Å². The quantitative estimate of drug-likeness (QED) is 0.417. The topological polar surface area (TPSA) is 80.0 Å². The molecule has 1 amide bonds. The van der Waals surface area contributed by atoms with Crippen molar-refractivity contribution in [1.29, 1.82) is 0 Å². The number of amides is 1. The van der Waals surface area contributed by atoms with E-state index < -0.39 is 0 Å². The van der Waals surface area contributed by atoms with Crippen LogP contribution in [0.3, 0.4) is 0 Å². The molecule has 0 bridgehead atoms. The van der Waals surface area contributed by atoms with Crippen LogP contribution in [0.2, 0.25) is 0 Å². The summed E-state index contributed by atoms with van der Waals surface area (Å²) in [5, 5.41) is 2.48. The van der Waals surface area contributed by atoms with Crippen molar-refractivity contribution in [2.75, 3.05) is 12.5 Å². The van der Waals surface area contributed by atoms with Gasteiger partial charge < -0.3 is 10.7 Å². The molecule has 0 aliphatic carbocycles. The summed E-state index contributed by atoms with van der Waals surface area (Å²) in [7, 11) is 1.55. The predicted octanol–water partition coefficient (Wildman–Crippen LogP) is -0.273. The van der Waals surface area contributed by atoms with Gasteiger partial charge >= 0.3 is 0 Å². The van der Waals surface area contributed by atoms with Crippen molar-refractivity contribution in [3.8, 4) is 0 Å².